The van der Waals surface area contributed by atoms with Crippen molar-refractivity contribution in [1.29, 1.82) is 0 Å². The molecule has 1 saturated heterocycles. The first-order valence-electron chi connectivity index (χ1n) is 5.32. The molecule has 0 radical (unpaired) electrons. The predicted molar refractivity (Wildman–Crippen MR) is 66.9 cm³/mol. The third-order valence-electron chi connectivity index (χ3n) is 2.58. The first kappa shape index (κ1) is 12.1. The number of carbonyl (C=O) groups excluding carboxylic acids is 2. The van der Waals surface area contributed by atoms with Crippen molar-refractivity contribution in [3.05, 3.63) is 29.8 Å². The van der Waals surface area contributed by atoms with Gasteiger partial charge in [0.2, 0.25) is 11.8 Å². The summed E-state index contributed by atoms with van der Waals surface area (Å²) >= 11 is 1.32. The van der Waals surface area contributed by atoms with Crippen LogP contribution >= 0.6 is 11.8 Å². The number of hydrogen-bond donors (Lipinski definition) is 1. The van der Waals surface area contributed by atoms with Crippen molar-refractivity contribution in [1.82, 2.24) is 0 Å². The van der Waals surface area contributed by atoms with Gasteiger partial charge in [-0.1, -0.05) is 18.2 Å². The third-order valence-corrected chi connectivity index (χ3v) is 3.48. The number of imide groups is 1. The second kappa shape index (κ2) is 4.89. The van der Waals surface area contributed by atoms with Crippen LogP contribution in [-0.4, -0.2) is 28.4 Å². The summed E-state index contributed by atoms with van der Waals surface area (Å²) in [6, 6.07) is 6.94. The number of amides is 2. The average molecular weight is 251 g/mol. The summed E-state index contributed by atoms with van der Waals surface area (Å²) in [5, 5.41) is 9.65. The number of hydrogen-bond acceptors (Lipinski definition) is 4. The van der Waals surface area contributed by atoms with Gasteiger partial charge in [-0.15, -0.1) is 11.8 Å². The number of benzene rings is 1. The summed E-state index contributed by atoms with van der Waals surface area (Å²) < 4.78 is 0. The van der Waals surface area contributed by atoms with Crippen molar-refractivity contribution < 1.29 is 14.7 Å². The topological polar surface area (TPSA) is 57.6 Å². The molecule has 1 aliphatic rings. The van der Waals surface area contributed by atoms with Crippen LogP contribution in [0.2, 0.25) is 0 Å². The molecule has 0 saturated carbocycles. The maximum absolute atomic E-state index is 11.8. The maximum Gasteiger partial charge on any atom is 0.243 e. The van der Waals surface area contributed by atoms with Crippen molar-refractivity contribution in [3.63, 3.8) is 0 Å². The van der Waals surface area contributed by atoms with E-state index in [1.165, 1.54) is 16.7 Å². The Morgan fingerprint density at radius 3 is 2.41 bits per heavy atom. The number of thioether (sulfide) groups is 1. The highest BCUT2D eigenvalue weighted by molar-refractivity contribution is 8.00. The largest absolute Gasteiger partial charge is 0.389 e. The Bertz CT molecular complexity index is 443. The molecule has 1 fully saturated rings. The van der Waals surface area contributed by atoms with E-state index < -0.39 is 6.10 Å². The Kier molecular flexibility index (Phi) is 3.49. The average Bonchev–Trinajstić information content (AvgIpc) is 2.29. The van der Waals surface area contributed by atoms with Gasteiger partial charge in [-0.25, -0.2) is 4.90 Å². The zero-order valence-corrected chi connectivity index (χ0v) is 10.2. The van der Waals surface area contributed by atoms with Crippen LogP contribution in [0.4, 0.5) is 5.69 Å². The second-order valence-corrected chi connectivity index (χ2v) is 4.84. The van der Waals surface area contributed by atoms with Gasteiger partial charge in [0.05, 0.1) is 23.3 Å². The van der Waals surface area contributed by atoms with Gasteiger partial charge < -0.3 is 5.11 Å². The lowest BCUT2D eigenvalue weighted by molar-refractivity contribution is -0.124. The highest BCUT2D eigenvalue weighted by atomic mass is 32.2. The molecule has 17 heavy (non-hydrogen) atoms. The van der Waals surface area contributed by atoms with E-state index in [4.69, 9.17) is 0 Å². The molecule has 0 spiro atoms. The summed E-state index contributed by atoms with van der Waals surface area (Å²) in [6.07, 6.45) is -0.707. The highest BCUT2D eigenvalue weighted by Crippen LogP contribution is 2.29. The van der Waals surface area contributed by atoms with Gasteiger partial charge in [-0.05, 0) is 13.0 Å². The van der Waals surface area contributed by atoms with Gasteiger partial charge in [0.1, 0.15) is 0 Å². The molecule has 2 amide bonds. The second-order valence-electron chi connectivity index (χ2n) is 3.85. The Hall–Kier alpha value is -1.33. The number of para-hydroxylation sites is 1. The van der Waals surface area contributed by atoms with Gasteiger partial charge in [0.25, 0.3) is 0 Å². The summed E-state index contributed by atoms with van der Waals surface area (Å²) in [7, 11) is 0. The first-order chi connectivity index (χ1) is 8.11. The van der Waals surface area contributed by atoms with Gasteiger partial charge in [-0.3, -0.25) is 9.59 Å². The number of aliphatic hydroxyl groups is 1. The Labute approximate surface area is 104 Å². The molecule has 5 heteroatoms. The lowest BCUT2D eigenvalue weighted by Crippen LogP contribution is -2.43. The minimum Gasteiger partial charge on any atom is -0.389 e. The molecule has 2 rings (SSSR count). The molecule has 0 aliphatic carbocycles. The lowest BCUT2D eigenvalue weighted by atomic mass is 10.1. The molecule has 0 aromatic heterocycles. The molecule has 90 valence electrons. The molecular formula is C12H13NO3S. The van der Waals surface area contributed by atoms with E-state index in [1.807, 2.05) is 0 Å². The van der Waals surface area contributed by atoms with Crippen LogP contribution in [0.1, 0.15) is 18.6 Å². The zero-order chi connectivity index (χ0) is 12.4. The number of anilines is 1. The fourth-order valence-corrected chi connectivity index (χ4v) is 2.52. The van der Waals surface area contributed by atoms with E-state index in [-0.39, 0.29) is 11.8 Å². The molecule has 1 atom stereocenters. The number of nitrogens with zero attached hydrogens (tertiary/aromatic N) is 1. The van der Waals surface area contributed by atoms with Crippen LogP contribution < -0.4 is 4.90 Å². The molecule has 1 heterocycles. The normalized spacial score (nSPS) is 18.4. The molecule has 1 N–H and O–H groups in total. The molecule has 1 aromatic carbocycles. The molecule has 1 aliphatic heterocycles. The molecular weight excluding hydrogens is 238 g/mol. The quantitative estimate of drug-likeness (QED) is 0.806. The van der Waals surface area contributed by atoms with E-state index in [9.17, 15) is 14.7 Å². The summed E-state index contributed by atoms with van der Waals surface area (Å²) in [6.45, 7) is 1.62. The third kappa shape index (κ3) is 2.35. The fourth-order valence-electron chi connectivity index (χ4n) is 1.81. The van der Waals surface area contributed by atoms with Gasteiger partial charge in [-0.2, -0.15) is 0 Å². The monoisotopic (exact) mass is 251 g/mol. The minimum atomic E-state index is -0.707. The molecule has 4 nitrogen and oxygen atoms in total. The van der Waals surface area contributed by atoms with Crippen LogP contribution in [0.5, 0.6) is 0 Å². The molecule has 0 bridgehead atoms. The summed E-state index contributed by atoms with van der Waals surface area (Å²) in [5.41, 5.74) is 1.10. The van der Waals surface area contributed by atoms with Crippen molar-refractivity contribution in [2.75, 3.05) is 16.4 Å². The van der Waals surface area contributed by atoms with E-state index >= 15 is 0 Å². The van der Waals surface area contributed by atoms with Crippen LogP contribution in [0.25, 0.3) is 0 Å². The van der Waals surface area contributed by atoms with Crippen LogP contribution in [0.15, 0.2) is 24.3 Å². The van der Waals surface area contributed by atoms with Crippen LogP contribution in [-0.2, 0) is 9.59 Å². The van der Waals surface area contributed by atoms with E-state index in [0.29, 0.717) is 22.8 Å². The number of aliphatic hydroxyl groups excluding tert-OH is 1. The van der Waals surface area contributed by atoms with E-state index in [1.54, 1.807) is 31.2 Å². The molecule has 1 unspecified atom stereocenters. The Morgan fingerprint density at radius 2 is 1.82 bits per heavy atom. The van der Waals surface area contributed by atoms with Crippen molar-refractivity contribution in [2.24, 2.45) is 0 Å². The zero-order valence-electron chi connectivity index (χ0n) is 9.42. The standard InChI is InChI=1S/C12H13NO3S/c1-8(14)9-4-2-3-5-10(9)13-11(15)6-17-7-12(13)16/h2-5,8,14H,6-7H2,1H3. The first-order valence-corrected chi connectivity index (χ1v) is 6.47. The lowest BCUT2D eigenvalue weighted by Gasteiger charge is -2.27. The highest BCUT2D eigenvalue weighted by Gasteiger charge is 2.29. The number of rotatable bonds is 2. The van der Waals surface area contributed by atoms with Crippen molar-refractivity contribution in [3.8, 4) is 0 Å². The van der Waals surface area contributed by atoms with Crippen molar-refractivity contribution in [2.45, 2.75) is 13.0 Å². The maximum atomic E-state index is 11.8. The predicted octanol–water partition coefficient (Wildman–Crippen LogP) is 1.35. The van der Waals surface area contributed by atoms with Crippen LogP contribution in [0.3, 0.4) is 0 Å². The smallest absolute Gasteiger partial charge is 0.243 e. The number of carbonyl (C=O) groups is 2. The van der Waals surface area contributed by atoms with E-state index in [2.05, 4.69) is 0 Å². The molecule has 1 aromatic rings. The van der Waals surface area contributed by atoms with E-state index in [0.717, 1.165) is 0 Å². The minimum absolute atomic E-state index is 0.223. The SMILES string of the molecule is CC(O)c1ccccc1N1C(=O)CSCC1=O. The van der Waals surface area contributed by atoms with Gasteiger partial charge in [0.15, 0.2) is 0 Å². The van der Waals surface area contributed by atoms with Crippen molar-refractivity contribution >= 4 is 29.3 Å². The van der Waals surface area contributed by atoms with Gasteiger partial charge >= 0.3 is 0 Å². The van der Waals surface area contributed by atoms with Crippen LogP contribution in [0, 0.1) is 0 Å². The fraction of sp³-hybridized carbons (Fsp3) is 0.333. The summed E-state index contributed by atoms with van der Waals surface area (Å²) in [4.78, 5) is 24.7. The Morgan fingerprint density at radius 1 is 1.24 bits per heavy atom. The Balaban J connectivity index is 2.44. The van der Waals surface area contributed by atoms with Gasteiger partial charge in [0, 0.05) is 5.56 Å². The summed E-state index contributed by atoms with van der Waals surface area (Å²) in [5.74, 6) is 0.165.